The normalized spacial score (nSPS) is 24.9. The highest BCUT2D eigenvalue weighted by atomic mass is 32.2. The van der Waals surface area contributed by atoms with Crippen LogP contribution in [0.1, 0.15) is 70.6 Å². The predicted molar refractivity (Wildman–Crippen MR) is 121 cm³/mol. The van der Waals surface area contributed by atoms with Crippen LogP contribution in [0.4, 0.5) is 0 Å². The molecule has 2 fully saturated rings. The summed E-state index contributed by atoms with van der Waals surface area (Å²) < 4.78 is 7.86. The summed E-state index contributed by atoms with van der Waals surface area (Å²) in [7, 11) is 0. The van der Waals surface area contributed by atoms with Crippen molar-refractivity contribution in [2.75, 3.05) is 0 Å². The largest absolute Gasteiger partial charge is 0.511 e. The SMILES string of the molecule is O=C1OC(CCC2CCCC2)(C2CCCC2)CC(O)=C1S[n+]1cnc(-c2ccncc2)[nH]1. The molecule has 170 valence electrons. The van der Waals surface area contributed by atoms with Crippen LogP contribution in [0.5, 0.6) is 0 Å². The predicted octanol–water partition coefficient (Wildman–Crippen LogP) is 4.87. The summed E-state index contributed by atoms with van der Waals surface area (Å²) in [6.07, 6.45) is 17.1. The van der Waals surface area contributed by atoms with E-state index in [1.165, 1.54) is 38.5 Å². The Hall–Kier alpha value is -2.35. The minimum Gasteiger partial charge on any atom is -0.511 e. The molecule has 0 aromatic carbocycles. The molecule has 32 heavy (non-hydrogen) atoms. The molecule has 0 bridgehead atoms. The smallest absolute Gasteiger partial charge is 0.352 e. The average molecular weight is 456 g/mol. The van der Waals surface area contributed by atoms with Gasteiger partial charge >= 0.3 is 12.3 Å². The minimum atomic E-state index is -0.550. The van der Waals surface area contributed by atoms with Gasteiger partial charge in [0.05, 0.1) is 0 Å². The summed E-state index contributed by atoms with van der Waals surface area (Å²) in [6, 6.07) is 3.72. The highest BCUT2D eigenvalue weighted by Gasteiger charge is 2.49. The maximum absolute atomic E-state index is 13.1. The van der Waals surface area contributed by atoms with Crippen LogP contribution in [0.3, 0.4) is 0 Å². The van der Waals surface area contributed by atoms with Crippen LogP contribution in [0.2, 0.25) is 0 Å². The number of carbonyl (C=O) groups excluding carboxylic acids is 1. The van der Waals surface area contributed by atoms with Gasteiger partial charge in [-0.05, 0) is 54.6 Å². The van der Waals surface area contributed by atoms with Crippen molar-refractivity contribution < 1.29 is 18.7 Å². The number of nitrogens with one attached hydrogen (secondary N) is 1. The molecule has 3 aliphatic rings. The molecular formula is C24H31N4O3S+. The lowest BCUT2D eigenvalue weighted by molar-refractivity contribution is -0.559. The molecule has 7 nitrogen and oxygen atoms in total. The van der Waals surface area contributed by atoms with Gasteiger partial charge in [-0.25, -0.2) is 4.79 Å². The molecule has 1 atom stereocenters. The summed E-state index contributed by atoms with van der Waals surface area (Å²) in [5.74, 6) is 1.49. The third-order valence-electron chi connectivity index (χ3n) is 7.41. The molecule has 2 aliphatic carbocycles. The van der Waals surface area contributed by atoms with Crippen LogP contribution in [-0.2, 0) is 9.53 Å². The number of hydrogen-bond acceptors (Lipinski definition) is 6. The van der Waals surface area contributed by atoms with Crippen LogP contribution in [0.15, 0.2) is 41.5 Å². The van der Waals surface area contributed by atoms with Crippen LogP contribution in [0.25, 0.3) is 11.4 Å². The standard InChI is InChI=1S/C24H30N4O3S/c29-20-15-24(19-7-3-4-8-19,12-9-17-5-1-2-6-17)31-23(30)21(20)32-28-16-26-22(27-28)18-10-13-25-14-11-18/h10-11,13-14,16-17,19H,1-9,12,15H2,(H,29,30)/p+1. The molecule has 0 amide bonds. The number of rotatable bonds is 7. The van der Waals surface area contributed by atoms with Crippen LogP contribution < -0.4 is 4.09 Å². The van der Waals surface area contributed by atoms with E-state index >= 15 is 0 Å². The first-order valence-corrected chi connectivity index (χ1v) is 12.6. The molecule has 2 N–H and O–H groups in total. The number of aliphatic hydroxyl groups excluding tert-OH is 1. The number of nitrogens with zero attached hydrogens (tertiary/aromatic N) is 3. The number of aliphatic hydroxyl groups is 1. The van der Waals surface area contributed by atoms with Gasteiger partial charge in [0.2, 0.25) is 0 Å². The number of ether oxygens (including phenoxy) is 1. The van der Waals surface area contributed by atoms with Crippen molar-refractivity contribution in [3.05, 3.63) is 41.5 Å². The number of aromatic amines is 1. The molecular weight excluding hydrogens is 424 g/mol. The second-order valence-electron chi connectivity index (χ2n) is 9.44. The maximum Gasteiger partial charge on any atom is 0.352 e. The number of aromatic nitrogens is 4. The van der Waals surface area contributed by atoms with Crippen molar-refractivity contribution in [1.29, 1.82) is 0 Å². The number of esters is 1. The molecule has 3 heterocycles. The number of carbonyl (C=O) groups is 1. The number of pyridine rings is 1. The molecule has 2 saturated carbocycles. The van der Waals surface area contributed by atoms with Crippen molar-refractivity contribution in [2.45, 2.75) is 76.2 Å². The molecule has 1 aliphatic heterocycles. The number of cyclic esters (lactones) is 1. The van der Waals surface area contributed by atoms with Gasteiger partial charge in [0.1, 0.15) is 23.3 Å². The van der Waals surface area contributed by atoms with E-state index < -0.39 is 11.6 Å². The van der Waals surface area contributed by atoms with Gasteiger partial charge in [0.15, 0.2) is 4.91 Å². The van der Waals surface area contributed by atoms with E-state index in [1.807, 2.05) is 12.1 Å². The molecule has 2 aromatic rings. The third-order valence-corrected chi connectivity index (χ3v) is 8.38. The van der Waals surface area contributed by atoms with E-state index in [1.54, 1.807) is 22.8 Å². The Morgan fingerprint density at radius 3 is 2.59 bits per heavy atom. The van der Waals surface area contributed by atoms with Gasteiger partial charge in [-0.3, -0.25) is 4.98 Å². The van der Waals surface area contributed by atoms with Gasteiger partial charge in [0, 0.05) is 24.4 Å². The van der Waals surface area contributed by atoms with Crippen LogP contribution >= 0.6 is 11.9 Å². The maximum atomic E-state index is 13.1. The van der Waals surface area contributed by atoms with E-state index in [4.69, 9.17) is 4.74 Å². The average Bonchev–Trinajstić information content (AvgIpc) is 3.58. The zero-order chi connectivity index (χ0) is 22.0. The van der Waals surface area contributed by atoms with Gasteiger partial charge in [-0.1, -0.05) is 42.6 Å². The second kappa shape index (κ2) is 9.25. The Balaban J connectivity index is 1.34. The zero-order valence-electron chi connectivity index (χ0n) is 18.3. The molecule has 0 spiro atoms. The highest BCUT2D eigenvalue weighted by Crippen LogP contribution is 2.48. The Morgan fingerprint density at radius 1 is 1.16 bits per heavy atom. The summed E-state index contributed by atoms with van der Waals surface area (Å²) in [4.78, 5) is 21.8. The van der Waals surface area contributed by atoms with Gasteiger partial charge in [-0.15, -0.1) is 0 Å². The molecule has 2 aromatic heterocycles. The fourth-order valence-electron chi connectivity index (χ4n) is 5.68. The van der Waals surface area contributed by atoms with E-state index in [-0.39, 0.29) is 10.7 Å². The summed E-state index contributed by atoms with van der Waals surface area (Å²) in [5, 5.41) is 14.2. The van der Waals surface area contributed by atoms with Crippen molar-refractivity contribution in [3.8, 4) is 11.4 Å². The topological polar surface area (TPSA) is 92.0 Å². The Morgan fingerprint density at radius 2 is 1.88 bits per heavy atom. The summed E-state index contributed by atoms with van der Waals surface area (Å²) >= 11 is 1.12. The minimum absolute atomic E-state index is 0.150. The number of H-pyrrole nitrogens is 1. The molecule has 5 rings (SSSR count). The highest BCUT2D eigenvalue weighted by molar-refractivity contribution is 7.97. The van der Waals surface area contributed by atoms with E-state index in [0.717, 1.165) is 49.1 Å². The molecule has 8 heteroatoms. The van der Waals surface area contributed by atoms with Gasteiger partial charge < -0.3 is 9.84 Å². The monoisotopic (exact) mass is 455 g/mol. The van der Waals surface area contributed by atoms with Crippen molar-refractivity contribution in [3.63, 3.8) is 0 Å². The van der Waals surface area contributed by atoms with Crippen LogP contribution in [0, 0.1) is 11.8 Å². The van der Waals surface area contributed by atoms with Crippen molar-refractivity contribution >= 4 is 17.9 Å². The lowest BCUT2D eigenvalue weighted by Crippen LogP contribution is -2.46. The zero-order valence-corrected chi connectivity index (χ0v) is 19.1. The van der Waals surface area contributed by atoms with E-state index in [9.17, 15) is 9.90 Å². The molecule has 1 unspecified atom stereocenters. The Bertz CT molecular complexity index is 980. The van der Waals surface area contributed by atoms with Crippen molar-refractivity contribution in [2.24, 2.45) is 11.8 Å². The number of hydrogen-bond donors (Lipinski definition) is 2. The molecule has 0 saturated heterocycles. The summed E-state index contributed by atoms with van der Waals surface area (Å²) in [5.41, 5.74) is 0.349. The lowest BCUT2D eigenvalue weighted by Gasteiger charge is -2.41. The van der Waals surface area contributed by atoms with Gasteiger partial charge in [-0.2, -0.15) is 5.10 Å². The fraction of sp³-hybridized carbons (Fsp3) is 0.583. The first-order valence-electron chi connectivity index (χ1n) is 11.8. The van der Waals surface area contributed by atoms with Gasteiger partial charge in [0.25, 0.3) is 5.82 Å². The first kappa shape index (κ1) is 21.5. The Labute approximate surface area is 192 Å². The van der Waals surface area contributed by atoms with E-state index in [2.05, 4.69) is 15.1 Å². The third kappa shape index (κ3) is 4.42. The first-order chi connectivity index (χ1) is 15.6. The van der Waals surface area contributed by atoms with Crippen molar-refractivity contribution in [1.82, 2.24) is 15.1 Å². The van der Waals surface area contributed by atoms with Crippen LogP contribution in [-0.4, -0.2) is 31.7 Å². The quantitative estimate of drug-likeness (QED) is 0.457. The Kier molecular flexibility index (Phi) is 6.22. The lowest BCUT2D eigenvalue weighted by atomic mass is 9.76. The van der Waals surface area contributed by atoms with E-state index in [0.29, 0.717) is 18.2 Å². The second-order valence-corrected chi connectivity index (χ2v) is 10.4. The molecule has 0 radical (unpaired) electrons. The fourth-order valence-corrected chi connectivity index (χ4v) is 6.39. The summed E-state index contributed by atoms with van der Waals surface area (Å²) in [6.45, 7) is 0.